The zero-order valence-corrected chi connectivity index (χ0v) is 10.2. The molecule has 0 saturated carbocycles. The molecule has 0 fully saturated rings. The van der Waals surface area contributed by atoms with Gasteiger partial charge in [-0.3, -0.25) is 4.79 Å². The van der Waals surface area contributed by atoms with Crippen LogP contribution in [0.15, 0.2) is 18.2 Å². The van der Waals surface area contributed by atoms with Crippen LogP contribution in [0, 0.1) is 11.6 Å². The van der Waals surface area contributed by atoms with Gasteiger partial charge in [-0.15, -0.1) is 11.6 Å². The van der Waals surface area contributed by atoms with Crippen molar-refractivity contribution in [3.05, 3.63) is 35.4 Å². The highest BCUT2D eigenvalue weighted by atomic mass is 35.5. The Bertz CT molecular complexity index is 398. The molecule has 1 atom stereocenters. The lowest BCUT2D eigenvalue weighted by Crippen LogP contribution is -2.27. The van der Waals surface area contributed by atoms with E-state index < -0.39 is 17.5 Å². The minimum Gasteiger partial charge on any atom is -0.352 e. The van der Waals surface area contributed by atoms with Crippen molar-refractivity contribution in [2.24, 2.45) is 0 Å². The summed E-state index contributed by atoms with van der Waals surface area (Å²) in [5.74, 6) is -2.77. The van der Waals surface area contributed by atoms with Crippen molar-refractivity contribution < 1.29 is 13.6 Å². The third-order valence-electron chi connectivity index (χ3n) is 2.38. The van der Waals surface area contributed by atoms with Crippen LogP contribution in [0.2, 0.25) is 0 Å². The molecule has 1 rings (SSSR count). The fourth-order valence-electron chi connectivity index (χ4n) is 1.32. The third-order valence-corrected chi connectivity index (χ3v) is 2.91. The number of rotatable bonds is 5. The summed E-state index contributed by atoms with van der Waals surface area (Å²) in [7, 11) is 0. The lowest BCUT2D eigenvalue weighted by Gasteiger charge is -2.08. The maximum absolute atomic E-state index is 13.2. The molecule has 2 nitrogen and oxygen atoms in total. The second-order valence-electron chi connectivity index (χ2n) is 3.65. The van der Waals surface area contributed by atoms with E-state index in [9.17, 15) is 13.6 Å². The first kappa shape index (κ1) is 13.9. The molecule has 0 bridgehead atoms. The Labute approximate surface area is 104 Å². The van der Waals surface area contributed by atoms with Gasteiger partial charge in [0.2, 0.25) is 0 Å². The SMILES string of the molecule is CCC(Cl)CCNC(=O)c1cccc(F)c1F. The van der Waals surface area contributed by atoms with Gasteiger partial charge in [0.05, 0.1) is 5.56 Å². The molecular weight excluding hydrogens is 248 g/mol. The largest absolute Gasteiger partial charge is 0.352 e. The topological polar surface area (TPSA) is 29.1 Å². The van der Waals surface area contributed by atoms with E-state index in [1.54, 1.807) is 0 Å². The van der Waals surface area contributed by atoms with Gasteiger partial charge in [-0.25, -0.2) is 8.78 Å². The van der Waals surface area contributed by atoms with Crippen LogP contribution in [-0.2, 0) is 0 Å². The van der Waals surface area contributed by atoms with E-state index in [-0.39, 0.29) is 10.9 Å². The van der Waals surface area contributed by atoms with Crippen LogP contribution in [0.1, 0.15) is 30.1 Å². The number of alkyl halides is 1. The standard InChI is InChI=1S/C12H14ClF2NO/c1-2-8(13)6-7-16-12(17)9-4-3-5-10(14)11(9)15/h3-5,8H,2,6-7H2,1H3,(H,16,17). The molecule has 0 aliphatic carbocycles. The Morgan fingerprint density at radius 3 is 2.82 bits per heavy atom. The summed E-state index contributed by atoms with van der Waals surface area (Å²) in [5, 5.41) is 2.48. The van der Waals surface area contributed by atoms with Crippen LogP contribution in [0.5, 0.6) is 0 Å². The molecule has 0 aromatic heterocycles. The minimum atomic E-state index is -1.12. The molecule has 1 aromatic rings. The number of benzene rings is 1. The number of amides is 1. The fraction of sp³-hybridized carbons (Fsp3) is 0.417. The maximum Gasteiger partial charge on any atom is 0.254 e. The summed E-state index contributed by atoms with van der Waals surface area (Å²) in [5.41, 5.74) is -0.285. The number of carbonyl (C=O) groups excluding carboxylic acids is 1. The molecule has 94 valence electrons. The molecule has 1 N–H and O–H groups in total. The number of carbonyl (C=O) groups is 1. The number of hydrogen-bond acceptors (Lipinski definition) is 1. The maximum atomic E-state index is 13.2. The molecule has 1 amide bonds. The number of halogens is 3. The van der Waals surface area contributed by atoms with E-state index in [2.05, 4.69) is 5.32 Å². The van der Waals surface area contributed by atoms with Crippen molar-refractivity contribution in [1.29, 1.82) is 0 Å². The van der Waals surface area contributed by atoms with Gasteiger partial charge in [0.25, 0.3) is 5.91 Å². The van der Waals surface area contributed by atoms with Crippen LogP contribution >= 0.6 is 11.6 Å². The molecule has 0 saturated heterocycles. The van der Waals surface area contributed by atoms with Gasteiger partial charge in [0.15, 0.2) is 11.6 Å². The lowest BCUT2D eigenvalue weighted by molar-refractivity contribution is 0.0948. The van der Waals surface area contributed by atoms with Gasteiger partial charge in [0, 0.05) is 11.9 Å². The van der Waals surface area contributed by atoms with Crippen molar-refractivity contribution in [2.45, 2.75) is 25.1 Å². The Balaban J connectivity index is 2.56. The summed E-state index contributed by atoms with van der Waals surface area (Å²) >= 11 is 5.87. The van der Waals surface area contributed by atoms with Gasteiger partial charge < -0.3 is 5.32 Å². The second kappa shape index (κ2) is 6.55. The van der Waals surface area contributed by atoms with E-state index in [0.717, 1.165) is 12.5 Å². The molecule has 1 aromatic carbocycles. The molecule has 0 aliphatic heterocycles. The van der Waals surface area contributed by atoms with Crippen LogP contribution in [0.4, 0.5) is 8.78 Å². The Hall–Kier alpha value is -1.16. The fourth-order valence-corrected chi connectivity index (χ4v) is 1.43. The molecule has 0 spiro atoms. The monoisotopic (exact) mass is 261 g/mol. The zero-order valence-electron chi connectivity index (χ0n) is 9.47. The van der Waals surface area contributed by atoms with Gasteiger partial charge in [-0.1, -0.05) is 13.0 Å². The summed E-state index contributed by atoms with van der Waals surface area (Å²) in [6, 6.07) is 3.51. The minimum absolute atomic E-state index is 0.0207. The molecule has 5 heteroatoms. The lowest BCUT2D eigenvalue weighted by atomic mass is 10.2. The molecule has 0 radical (unpaired) electrons. The van der Waals surface area contributed by atoms with E-state index in [0.29, 0.717) is 13.0 Å². The van der Waals surface area contributed by atoms with Crippen LogP contribution in [0.25, 0.3) is 0 Å². The summed E-state index contributed by atoms with van der Waals surface area (Å²) in [4.78, 5) is 11.5. The van der Waals surface area contributed by atoms with Crippen molar-refractivity contribution >= 4 is 17.5 Å². The molecular formula is C12H14ClF2NO. The first-order chi connectivity index (χ1) is 8.06. The number of nitrogens with one attached hydrogen (secondary N) is 1. The predicted octanol–water partition coefficient (Wildman–Crippen LogP) is 3.10. The van der Waals surface area contributed by atoms with Crippen molar-refractivity contribution in [2.75, 3.05) is 6.54 Å². The second-order valence-corrected chi connectivity index (χ2v) is 4.27. The van der Waals surface area contributed by atoms with E-state index in [4.69, 9.17) is 11.6 Å². The summed E-state index contributed by atoms with van der Waals surface area (Å²) in [6.45, 7) is 2.28. The van der Waals surface area contributed by atoms with Crippen molar-refractivity contribution in [1.82, 2.24) is 5.32 Å². The highest BCUT2D eigenvalue weighted by Crippen LogP contribution is 2.11. The normalized spacial score (nSPS) is 12.2. The first-order valence-electron chi connectivity index (χ1n) is 5.42. The highest BCUT2D eigenvalue weighted by molar-refractivity contribution is 6.20. The third kappa shape index (κ3) is 3.97. The number of hydrogen-bond donors (Lipinski definition) is 1. The Morgan fingerprint density at radius 1 is 1.47 bits per heavy atom. The smallest absolute Gasteiger partial charge is 0.254 e. The van der Waals surface area contributed by atoms with Crippen LogP contribution in [0.3, 0.4) is 0 Å². The Morgan fingerprint density at radius 2 is 2.18 bits per heavy atom. The average molecular weight is 262 g/mol. The van der Waals surface area contributed by atoms with Gasteiger partial charge in [-0.2, -0.15) is 0 Å². The zero-order chi connectivity index (χ0) is 12.8. The molecule has 0 aliphatic rings. The van der Waals surface area contributed by atoms with Crippen LogP contribution < -0.4 is 5.32 Å². The quantitative estimate of drug-likeness (QED) is 0.811. The molecule has 0 heterocycles. The summed E-state index contributed by atoms with van der Waals surface area (Å²) in [6.07, 6.45) is 1.40. The molecule has 17 heavy (non-hydrogen) atoms. The van der Waals surface area contributed by atoms with Gasteiger partial charge in [0.1, 0.15) is 0 Å². The first-order valence-corrected chi connectivity index (χ1v) is 5.86. The van der Waals surface area contributed by atoms with Crippen molar-refractivity contribution in [3.63, 3.8) is 0 Å². The van der Waals surface area contributed by atoms with Crippen molar-refractivity contribution in [3.8, 4) is 0 Å². The van der Waals surface area contributed by atoms with E-state index >= 15 is 0 Å². The highest BCUT2D eigenvalue weighted by Gasteiger charge is 2.14. The van der Waals surface area contributed by atoms with Gasteiger partial charge >= 0.3 is 0 Å². The Kier molecular flexibility index (Phi) is 5.35. The van der Waals surface area contributed by atoms with Gasteiger partial charge in [-0.05, 0) is 25.0 Å². The predicted molar refractivity (Wildman–Crippen MR) is 63.2 cm³/mol. The summed E-state index contributed by atoms with van der Waals surface area (Å²) < 4.78 is 26.1. The van der Waals surface area contributed by atoms with Crippen LogP contribution in [-0.4, -0.2) is 17.8 Å². The molecule has 1 unspecified atom stereocenters. The van der Waals surface area contributed by atoms with E-state index in [1.807, 2.05) is 6.92 Å². The van der Waals surface area contributed by atoms with E-state index in [1.165, 1.54) is 12.1 Å². The average Bonchev–Trinajstić information content (AvgIpc) is 2.32.